The number of pyridine rings is 1. The molecule has 23 heavy (non-hydrogen) atoms. The molecule has 0 aliphatic carbocycles. The number of benzene rings is 1. The lowest BCUT2D eigenvalue weighted by atomic mass is 10.1. The zero-order chi connectivity index (χ0) is 16.2. The third-order valence-corrected chi connectivity index (χ3v) is 3.98. The zero-order valence-corrected chi connectivity index (χ0v) is 13.0. The van der Waals surface area contributed by atoms with Gasteiger partial charge in [-0.3, -0.25) is 9.78 Å². The molecule has 2 heterocycles. The maximum Gasteiger partial charge on any atom is 0.254 e. The van der Waals surface area contributed by atoms with Gasteiger partial charge in [-0.2, -0.15) is 5.26 Å². The van der Waals surface area contributed by atoms with Gasteiger partial charge in [-0.1, -0.05) is 17.7 Å². The summed E-state index contributed by atoms with van der Waals surface area (Å²) in [6.07, 6.45) is 3.79. The smallest absolute Gasteiger partial charge is 0.254 e. The molecule has 1 amide bonds. The Bertz CT molecular complexity index is 772. The van der Waals surface area contributed by atoms with E-state index in [1.807, 2.05) is 6.07 Å². The Hall–Kier alpha value is -2.58. The highest BCUT2D eigenvalue weighted by Gasteiger charge is 2.28. The molecule has 0 bridgehead atoms. The number of likely N-dealkylation sites (tertiary alicyclic amines) is 1. The van der Waals surface area contributed by atoms with Crippen molar-refractivity contribution in [1.82, 2.24) is 9.88 Å². The summed E-state index contributed by atoms with van der Waals surface area (Å²) in [6.45, 7) is 1.11. The van der Waals surface area contributed by atoms with Crippen LogP contribution in [-0.2, 0) is 0 Å². The Morgan fingerprint density at radius 1 is 1.43 bits per heavy atom. The van der Waals surface area contributed by atoms with Gasteiger partial charge in [0, 0.05) is 37.0 Å². The Morgan fingerprint density at radius 3 is 3.09 bits per heavy atom. The number of nitrogens with zero attached hydrogens (tertiary/aromatic N) is 3. The average Bonchev–Trinajstić information content (AvgIpc) is 3.05. The van der Waals surface area contributed by atoms with Crippen molar-refractivity contribution in [3.8, 4) is 11.8 Å². The SMILES string of the molecule is N#Cc1cccc(C(=O)N2CCC(Oc3ccncc3Cl)C2)c1. The molecule has 3 rings (SSSR count). The molecule has 0 N–H and O–H groups in total. The molecule has 0 saturated carbocycles. The van der Waals surface area contributed by atoms with E-state index in [2.05, 4.69) is 4.98 Å². The standard InChI is InChI=1S/C17H14ClN3O2/c18-15-10-20-6-4-16(15)23-14-5-7-21(11-14)17(22)13-3-1-2-12(8-13)9-19/h1-4,6,8,10,14H,5,7,11H2. The number of amides is 1. The topological polar surface area (TPSA) is 66.2 Å². The second-order valence-corrected chi connectivity index (χ2v) is 5.69. The molecule has 1 aliphatic heterocycles. The predicted octanol–water partition coefficient (Wildman–Crippen LogP) is 2.90. The van der Waals surface area contributed by atoms with Crippen LogP contribution in [0.25, 0.3) is 0 Å². The zero-order valence-electron chi connectivity index (χ0n) is 12.3. The van der Waals surface area contributed by atoms with Crippen molar-refractivity contribution in [3.05, 3.63) is 58.9 Å². The van der Waals surface area contributed by atoms with Crippen LogP contribution >= 0.6 is 11.6 Å². The number of nitriles is 1. The second kappa shape index (κ2) is 6.67. The van der Waals surface area contributed by atoms with E-state index >= 15 is 0 Å². The predicted molar refractivity (Wildman–Crippen MR) is 85.3 cm³/mol. The molecule has 6 heteroatoms. The highest BCUT2D eigenvalue weighted by Crippen LogP contribution is 2.26. The molecular weight excluding hydrogens is 314 g/mol. The molecule has 0 radical (unpaired) electrons. The van der Waals surface area contributed by atoms with E-state index in [4.69, 9.17) is 21.6 Å². The molecule has 2 aromatic rings. The first-order chi connectivity index (χ1) is 11.2. The second-order valence-electron chi connectivity index (χ2n) is 5.28. The molecule has 1 aliphatic rings. The molecule has 5 nitrogen and oxygen atoms in total. The highest BCUT2D eigenvalue weighted by atomic mass is 35.5. The summed E-state index contributed by atoms with van der Waals surface area (Å²) in [6, 6.07) is 10.5. The van der Waals surface area contributed by atoms with Crippen LogP contribution in [0.15, 0.2) is 42.7 Å². The minimum absolute atomic E-state index is 0.0889. The van der Waals surface area contributed by atoms with Crippen LogP contribution in [0.3, 0.4) is 0 Å². The third-order valence-electron chi connectivity index (χ3n) is 3.70. The molecule has 1 aromatic heterocycles. The minimum Gasteiger partial charge on any atom is -0.487 e. The maximum atomic E-state index is 12.5. The molecule has 1 fully saturated rings. The van der Waals surface area contributed by atoms with E-state index in [-0.39, 0.29) is 12.0 Å². The van der Waals surface area contributed by atoms with Crippen molar-refractivity contribution in [1.29, 1.82) is 5.26 Å². The van der Waals surface area contributed by atoms with Crippen molar-refractivity contribution in [2.75, 3.05) is 13.1 Å². The van der Waals surface area contributed by atoms with Gasteiger partial charge in [-0.15, -0.1) is 0 Å². The quantitative estimate of drug-likeness (QED) is 0.869. The van der Waals surface area contributed by atoms with Gasteiger partial charge in [0.1, 0.15) is 16.9 Å². The van der Waals surface area contributed by atoms with E-state index in [1.54, 1.807) is 41.4 Å². The lowest BCUT2D eigenvalue weighted by Crippen LogP contribution is -2.31. The van der Waals surface area contributed by atoms with Crippen LogP contribution in [0.4, 0.5) is 0 Å². The van der Waals surface area contributed by atoms with Gasteiger partial charge in [0.15, 0.2) is 0 Å². The first-order valence-electron chi connectivity index (χ1n) is 7.23. The number of carbonyl (C=O) groups excluding carboxylic acids is 1. The first-order valence-corrected chi connectivity index (χ1v) is 7.61. The number of carbonyl (C=O) groups is 1. The Morgan fingerprint density at radius 2 is 2.30 bits per heavy atom. The lowest BCUT2D eigenvalue weighted by molar-refractivity contribution is 0.0772. The monoisotopic (exact) mass is 327 g/mol. The van der Waals surface area contributed by atoms with Crippen molar-refractivity contribution in [2.24, 2.45) is 0 Å². The summed E-state index contributed by atoms with van der Waals surface area (Å²) in [5.41, 5.74) is 0.998. The summed E-state index contributed by atoms with van der Waals surface area (Å²) < 4.78 is 5.85. The van der Waals surface area contributed by atoms with Crippen LogP contribution in [0.1, 0.15) is 22.3 Å². The van der Waals surface area contributed by atoms with Crippen LogP contribution < -0.4 is 4.74 Å². The normalized spacial score (nSPS) is 16.9. The number of hydrogen-bond acceptors (Lipinski definition) is 4. The van der Waals surface area contributed by atoms with E-state index in [1.165, 1.54) is 6.20 Å². The first kappa shape index (κ1) is 15.3. The van der Waals surface area contributed by atoms with E-state index in [0.717, 1.165) is 6.42 Å². The van der Waals surface area contributed by atoms with Crippen molar-refractivity contribution < 1.29 is 9.53 Å². The van der Waals surface area contributed by atoms with Gasteiger partial charge < -0.3 is 9.64 Å². The van der Waals surface area contributed by atoms with Crippen molar-refractivity contribution in [2.45, 2.75) is 12.5 Å². The Balaban J connectivity index is 1.66. The van der Waals surface area contributed by atoms with Crippen molar-refractivity contribution in [3.63, 3.8) is 0 Å². The minimum atomic E-state index is -0.0991. The molecule has 0 spiro atoms. The van der Waals surface area contributed by atoms with Crippen LogP contribution in [0, 0.1) is 11.3 Å². The molecule has 1 unspecified atom stereocenters. The number of hydrogen-bond donors (Lipinski definition) is 0. The van der Waals surface area contributed by atoms with Crippen LogP contribution in [0.5, 0.6) is 5.75 Å². The average molecular weight is 328 g/mol. The molecule has 116 valence electrons. The fourth-order valence-electron chi connectivity index (χ4n) is 2.55. The maximum absolute atomic E-state index is 12.5. The number of aromatic nitrogens is 1. The summed E-state index contributed by atoms with van der Waals surface area (Å²) in [5.74, 6) is 0.487. The van der Waals surface area contributed by atoms with Crippen LogP contribution in [0.2, 0.25) is 5.02 Å². The summed E-state index contributed by atoms with van der Waals surface area (Å²) in [7, 11) is 0. The molecule has 1 saturated heterocycles. The Labute approximate surface area is 139 Å². The molecule has 1 atom stereocenters. The van der Waals surface area contributed by atoms with Gasteiger partial charge >= 0.3 is 0 Å². The van der Waals surface area contributed by atoms with Crippen LogP contribution in [-0.4, -0.2) is 35.0 Å². The highest BCUT2D eigenvalue weighted by molar-refractivity contribution is 6.31. The summed E-state index contributed by atoms with van der Waals surface area (Å²) in [4.78, 5) is 18.2. The van der Waals surface area contributed by atoms with Gasteiger partial charge in [-0.05, 0) is 18.2 Å². The largest absolute Gasteiger partial charge is 0.487 e. The van der Waals surface area contributed by atoms with Gasteiger partial charge in [0.2, 0.25) is 0 Å². The lowest BCUT2D eigenvalue weighted by Gasteiger charge is -2.17. The summed E-state index contributed by atoms with van der Waals surface area (Å²) >= 11 is 6.03. The van der Waals surface area contributed by atoms with Gasteiger partial charge in [0.25, 0.3) is 5.91 Å². The molecule has 1 aromatic carbocycles. The summed E-state index contributed by atoms with van der Waals surface area (Å²) in [5, 5.41) is 9.39. The third kappa shape index (κ3) is 3.43. The van der Waals surface area contributed by atoms with E-state index in [0.29, 0.717) is 35.0 Å². The molecular formula is C17H14ClN3O2. The fraction of sp³-hybridized carbons (Fsp3) is 0.235. The number of rotatable bonds is 3. The Kier molecular flexibility index (Phi) is 4.45. The number of halogens is 1. The fourth-order valence-corrected chi connectivity index (χ4v) is 2.71. The van der Waals surface area contributed by atoms with Crippen molar-refractivity contribution >= 4 is 17.5 Å². The van der Waals surface area contributed by atoms with E-state index < -0.39 is 0 Å². The van der Waals surface area contributed by atoms with E-state index in [9.17, 15) is 4.79 Å². The van der Waals surface area contributed by atoms with Gasteiger partial charge in [-0.25, -0.2) is 0 Å². The number of ether oxygens (including phenoxy) is 1. The van der Waals surface area contributed by atoms with Gasteiger partial charge in [0.05, 0.1) is 18.2 Å².